The van der Waals surface area contributed by atoms with Gasteiger partial charge in [-0.3, -0.25) is 0 Å². The third-order valence-electron chi connectivity index (χ3n) is 2.66. The van der Waals surface area contributed by atoms with E-state index in [-0.39, 0.29) is 5.82 Å². The van der Waals surface area contributed by atoms with Crippen LogP contribution in [0.4, 0.5) is 10.1 Å². The van der Waals surface area contributed by atoms with Gasteiger partial charge in [0, 0.05) is 25.3 Å². The number of hydrogen-bond acceptors (Lipinski definition) is 1. The predicted molar refractivity (Wildman–Crippen MR) is 76.2 cm³/mol. The minimum Gasteiger partial charge on any atom is -0.378 e. The van der Waals surface area contributed by atoms with Crippen LogP contribution in [0.15, 0.2) is 36.4 Å². The zero-order chi connectivity index (χ0) is 13.3. The molecule has 2 aromatic carbocycles. The van der Waals surface area contributed by atoms with Crippen molar-refractivity contribution in [2.45, 2.75) is 0 Å². The maximum Gasteiger partial charge on any atom is 0.125 e. The fourth-order valence-electron chi connectivity index (χ4n) is 1.71. The number of anilines is 1. The summed E-state index contributed by atoms with van der Waals surface area (Å²) in [5.74, 6) is -0.299. The van der Waals surface area contributed by atoms with Crippen molar-refractivity contribution in [1.29, 1.82) is 0 Å². The van der Waals surface area contributed by atoms with Crippen LogP contribution in [0.1, 0.15) is 0 Å². The minimum atomic E-state index is -0.299. The largest absolute Gasteiger partial charge is 0.378 e. The smallest absolute Gasteiger partial charge is 0.125 e. The van der Waals surface area contributed by atoms with Gasteiger partial charge in [-0.15, -0.1) is 0 Å². The normalized spacial score (nSPS) is 10.5. The molecule has 2 aromatic rings. The van der Waals surface area contributed by atoms with Crippen molar-refractivity contribution in [3.05, 3.63) is 52.3 Å². The molecule has 0 radical (unpaired) electrons. The Hall–Kier alpha value is -1.25. The number of halogens is 3. The van der Waals surface area contributed by atoms with Crippen LogP contribution < -0.4 is 4.90 Å². The quantitative estimate of drug-likeness (QED) is 0.760. The molecule has 0 aliphatic heterocycles. The maximum absolute atomic E-state index is 13.6. The summed E-state index contributed by atoms with van der Waals surface area (Å²) < 4.78 is 13.6. The molecule has 0 spiro atoms. The van der Waals surface area contributed by atoms with Crippen molar-refractivity contribution >= 4 is 28.9 Å². The van der Waals surface area contributed by atoms with E-state index in [2.05, 4.69) is 0 Å². The Morgan fingerprint density at radius 3 is 2.44 bits per heavy atom. The number of rotatable bonds is 2. The van der Waals surface area contributed by atoms with Crippen molar-refractivity contribution < 1.29 is 4.39 Å². The highest BCUT2D eigenvalue weighted by Gasteiger charge is 2.09. The zero-order valence-electron chi connectivity index (χ0n) is 10.0. The average molecular weight is 284 g/mol. The van der Waals surface area contributed by atoms with Crippen molar-refractivity contribution in [3.63, 3.8) is 0 Å². The molecule has 0 atom stereocenters. The topological polar surface area (TPSA) is 3.24 Å². The van der Waals surface area contributed by atoms with Gasteiger partial charge in [0.15, 0.2) is 0 Å². The highest BCUT2D eigenvalue weighted by molar-refractivity contribution is 6.43. The van der Waals surface area contributed by atoms with Gasteiger partial charge in [0.1, 0.15) is 5.82 Å². The molecule has 0 unspecified atom stereocenters. The molecule has 0 N–H and O–H groups in total. The van der Waals surface area contributed by atoms with E-state index < -0.39 is 0 Å². The molecule has 0 saturated carbocycles. The molecule has 0 aliphatic carbocycles. The van der Waals surface area contributed by atoms with Gasteiger partial charge in [0.2, 0.25) is 0 Å². The van der Waals surface area contributed by atoms with E-state index in [1.807, 2.05) is 31.1 Å². The van der Waals surface area contributed by atoms with Gasteiger partial charge in [0.05, 0.1) is 10.0 Å². The van der Waals surface area contributed by atoms with E-state index in [0.717, 1.165) is 11.3 Å². The number of nitrogens with zero attached hydrogens (tertiary/aromatic N) is 1. The Balaban J connectivity index is 2.60. The lowest BCUT2D eigenvalue weighted by Gasteiger charge is -2.15. The van der Waals surface area contributed by atoms with E-state index in [0.29, 0.717) is 15.6 Å². The predicted octanol–water partition coefficient (Wildman–Crippen LogP) is 4.87. The molecule has 0 heterocycles. The third-order valence-corrected chi connectivity index (χ3v) is 3.48. The number of hydrogen-bond donors (Lipinski definition) is 0. The van der Waals surface area contributed by atoms with Crippen LogP contribution >= 0.6 is 23.2 Å². The maximum atomic E-state index is 13.6. The minimum absolute atomic E-state index is 0.299. The highest BCUT2D eigenvalue weighted by atomic mass is 35.5. The summed E-state index contributed by atoms with van der Waals surface area (Å²) in [6.45, 7) is 0. The van der Waals surface area contributed by atoms with Crippen molar-refractivity contribution in [2.24, 2.45) is 0 Å². The molecule has 2 rings (SSSR count). The molecule has 0 aromatic heterocycles. The molecule has 0 aliphatic rings. The summed E-state index contributed by atoms with van der Waals surface area (Å²) in [5, 5.41) is 0.902. The first kappa shape index (κ1) is 13.2. The van der Waals surface area contributed by atoms with Crippen LogP contribution in [-0.2, 0) is 0 Å². The van der Waals surface area contributed by atoms with Gasteiger partial charge in [0.25, 0.3) is 0 Å². The van der Waals surface area contributed by atoms with Gasteiger partial charge in [-0.05, 0) is 29.8 Å². The van der Waals surface area contributed by atoms with E-state index in [1.54, 1.807) is 12.1 Å². The first-order chi connectivity index (χ1) is 8.49. The fourth-order valence-corrected chi connectivity index (χ4v) is 2.12. The second-order valence-electron chi connectivity index (χ2n) is 4.19. The monoisotopic (exact) mass is 283 g/mol. The van der Waals surface area contributed by atoms with Gasteiger partial charge < -0.3 is 4.90 Å². The Morgan fingerprint density at radius 2 is 1.78 bits per heavy atom. The second-order valence-corrected chi connectivity index (χ2v) is 4.98. The molecule has 0 bridgehead atoms. The SMILES string of the molecule is CN(C)c1cc(F)cc(-c2cccc(Cl)c2Cl)c1. The van der Waals surface area contributed by atoms with E-state index in [4.69, 9.17) is 23.2 Å². The van der Waals surface area contributed by atoms with Crippen LogP contribution in [0.2, 0.25) is 10.0 Å². The third kappa shape index (κ3) is 2.60. The van der Waals surface area contributed by atoms with E-state index in [9.17, 15) is 4.39 Å². The molecule has 94 valence electrons. The van der Waals surface area contributed by atoms with Gasteiger partial charge in [-0.2, -0.15) is 0 Å². The van der Waals surface area contributed by atoms with Crippen LogP contribution in [0.3, 0.4) is 0 Å². The first-order valence-electron chi connectivity index (χ1n) is 5.41. The van der Waals surface area contributed by atoms with E-state index >= 15 is 0 Å². The van der Waals surface area contributed by atoms with Crippen molar-refractivity contribution in [3.8, 4) is 11.1 Å². The van der Waals surface area contributed by atoms with Crippen LogP contribution in [0, 0.1) is 5.82 Å². The highest BCUT2D eigenvalue weighted by Crippen LogP contribution is 2.35. The zero-order valence-corrected chi connectivity index (χ0v) is 11.6. The van der Waals surface area contributed by atoms with Crippen LogP contribution in [-0.4, -0.2) is 14.1 Å². The van der Waals surface area contributed by atoms with Crippen LogP contribution in [0.5, 0.6) is 0 Å². The van der Waals surface area contributed by atoms with E-state index in [1.165, 1.54) is 12.1 Å². The summed E-state index contributed by atoms with van der Waals surface area (Å²) in [5.41, 5.74) is 2.22. The molecular weight excluding hydrogens is 272 g/mol. The standard InChI is InChI=1S/C14H12Cl2FN/c1-18(2)11-7-9(6-10(17)8-11)12-4-3-5-13(15)14(12)16/h3-8H,1-2H3. The molecule has 0 amide bonds. The molecule has 0 saturated heterocycles. The first-order valence-corrected chi connectivity index (χ1v) is 6.17. The molecule has 18 heavy (non-hydrogen) atoms. The lowest BCUT2D eigenvalue weighted by atomic mass is 10.0. The summed E-state index contributed by atoms with van der Waals surface area (Å²) in [6.07, 6.45) is 0. The molecule has 0 fully saturated rings. The summed E-state index contributed by atoms with van der Waals surface area (Å²) >= 11 is 12.1. The average Bonchev–Trinajstić information content (AvgIpc) is 2.31. The van der Waals surface area contributed by atoms with Gasteiger partial charge in [-0.1, -0.05) is 35.3 Å². The Labute approximate surface area is 116 Å². The number of benzene rings is 2. The van der Waals surface area contributed by atoms with Crippen molar-refractivity contribution in [2.75, 3.05) is 19.0 Å². The molecule has 4 heteroatoms. The summed E-state index contributed by atoms with van der Waals surface area (Å²) in [4.78, 5) is 1.84. The van der Waals surface area contributed by atoms with Crippen molar-refractivity contribution in [1.82, 2.24) is 0 Å². The summed E-state index contributed by atoms with van der Waals surface area (Å²) in [6, 6.07) is 10.1. The lowest BCUT2D eigenvalue weighted by molar-refractivity contribution is 0.628. The fraction of sp³-hybridized carbons (Fsp3) is 0.143. The molecular formula is C14H12Cl2FN. The second kappa shape index (κ2) is 5.17. The lowest BCUT2D eigenvalue weighted by Crippen LogP contribution is -2.08. The Bertz CT molecular complexity index is 582. The van der Waals surface area contributed by atoms with Crippen LogP contribution in [0.25, 0.3) is 11.1 Å². The molecule has 1 nitrogen and oxygen atoms in total. The van der Waals surface area contributed by atoms with Gasteiger partial charge in [-0.25, -0.2) is 4.39 Å². The summed E-state index contributed by atoms with van der Waals surface area (Å²) in [7, 11) is 3.72. The van der Waals surface area contributed by atoms with Gasteiger partial charge >= 0.3 is 0 Å². The Morgan fingerprint density at radius 1 is 1.06 bits per heavy atom. The Kier molecular flexibility index (Phi) is 3.79.